The third-order valence-electron chi connectivity index (χ3n) is 7.27. The van der Waals surface area contributed by atoms with Crippen LogP contribution in [-0.4, -0.2) is 11.9 Å². The van der Waals surface area contributed by atoms with Crippen molar-refractivity contribution in [1.82, 2.24) is 0 Å². The van der Waals surface area contributed by atoms with E-state index >= 15 is 0 Å². The summed E-state index contributed by atoms with van der Waals surface area (Å²) in [6.45, 7) is 0. The highest BCUT2D eigenvalue weighted by atomic mass is 16.6. The molecule has 2 saturated carbocycles. The number of rotatable bonds is 6. The van der Waals surface area contributed by atoms with Crippen LogP contribution in [0.5, 0.6) is 0 Å². The van der Waals surface area contributed by atoms with E-state index in [2.05, 4.69) is 0 Å². The molecule has 0 bridgehead atoms. The number of ether oxygens (including phenoxy) is 1. The van der Waals surface area contributed by atoms with Gasteiger partial charge in [0.25, 0.3) is 0 Å². The number of hydrogen-bond donors (Lipinski definition) is 0. The first-order valence-corrected chi connectivity index (χ1v) is 12.1. The minimum atomic E-state index is -0.361. The first-order valence-electron chi connectivity index (χ1n) is 12.1. The van der Waals surface area contributed by atoms with Crippen LogP contribution in [0.2, 0.25) is 0 Å². The number of esters is 2. The molecule has 4 rings (SSSR count). The van der Waals surface area contributed by atoms with E-state index in [9.17, 15) is 9.59 Å². The predicted molar refractivity (Wildman–Crippen MR) is 123 cm³/mol. The lowest BCUT2D eigenvalue weighted by atomic mass is 9.76. The molecule has 2 aliphatic carbocycles. The molecule has 0 heterocycles. The molecule has 2 aromatic rings. The normalized spacial score (nSPS) is 20.0. The van der Waals surface area contributed by atoms with E-state index in [1.165, 1.54) is 12.8 Å². The van der Waals surface area contributed by atoms with Crippen LogP contribution < -0.4 is 0 Å². The van der Waals surface area contributed by atoms with Gasteiger partial charge in [-0.25, -0.2) is 0 Å². The monoisotopic (exact) mass is 418 g/mol. The van der Waals surface area contributed by atoms with Crippen LogP contribution in [0, 0.1) is 11.8 Å². The summed E-state index contributed by atoms with van der Waals surface area (Å²) in [7, 11) is 0. The van der Waals surface area contributed by atoms with E-state index in [1.807, 2.05) is 60.7 Å². The first-order chi connectivity index (χ1) is 15.2. The van der Waals surface area contributed by atoms with Crippen LogP contribution >= 0.6 is 0 Å². The molecule has 0 unspecified atom stereocenters. The molecule has 2 aliphatic rings. The lowest BCUT2D eigenvalue weighted by molar-refractivity contribution is -0.164. The standard InChI is InChI=1S/C28H34O3/c29-27(25(21-13-5-1-6-14-21)22-15-7-2-8-16-22)31-28(30)26(23-17-9-3-10-18-23)24-19-11-4-12-20-24/h1,3,5-6,9-10,13-14,17-18,22,24-26H,2,4,7-8,11-12,15-16,19-20H2/t25-,26-/m0/s1. The van der Waals surface area contributed by atoms with Crippen LogP contribution in [0.1, 0.15) is 87.2 Å². The predicted octanol–water partition coefficient (Wildman–Crippen LogP) is 6.78. The third kappa shape index (κ3) is 5.44. The van der Waals surface area contributed by atoms with E-state index in [4.69, 9.17) is 4.74 Å². The lowest BCUT2D eigenvalue weighted by Crippen LogP contribution is -2.32. The van der Waals surface area contributed by atoms with Gasteiger partial charge in [0.2, 0.25) is 0 Å². The Kier molecular flexibility index (Phi) is 7.56. The lowest BCUT2D eigenvalue weighted by Gasteiger charge is -2.31. The minimum absolute atomic E-state index is 0.251. The van der Waals surface area contributed by atoms with E-state index < -0.39 is 0 Å². The Morgan fingerprint density at radius 3 is 1.29 bits per heavy atom. The second-order valence-corrected chi connectivity index (χ2v) is 9.31. The van der Waals surface area contributed by atoms with Gasteiger partial charge < -0.3 is 4.74 Å². The highest BCUT2D eigenvalue weighted by molar-refractivity contribution is 5.92. The van der Waals surface area contributed by atoms with Crippen LogP contribution in [0.4, 0.5) is 0 Å². The summed E-state index contributed by atoms with van der Waals surface area (Å²) in [5.41, 5.74) is 1.95. The second kappa shape index (κ2) is 10.7. The molecule has 0 spiro atoms. The van der Waals surface area contributed by atoms with Gasteiger partial charge in [-0.05, 0) is 48.6 Å². The number of carbonyl (C=O) groups is 2. The molecular weight excluding hydrogens is 384 g/mol. The number of benzene rings is 2. The van der Waals surface area contributed by atoms with E-state index in [0.29, 0.717) is 0 Å². The molecule has 0 radical (unpaired) electrons. The van der Waals surface area contributed by atoms with Crippen LogP contribution in [0.3, 0.4) is 0 Å². The molecule has 2 fully saturated rings. The van der Waals surface area contributed by atoms with Gasteiger partial charge >= 0.3 is 11.9 Å². The van der Waals surface area contributed by atoms with Gasteiger partial charge in [0.05, 0.1) is 11.8 Å². The minimum Gasteiger partial charge on any atom is -0.392 e. The summed E-state index contributed by atoms with van der Waals surface area (Å²) in [4.78, 5) is 26.9. The first kappa shape index (κ1) is 21.8. The maximum atomic E-state index is 13.4. The zero-order valence-corrected chi connectivity index (χ0v) is 18.4. The zero-order chi connectivity index (χ0) is 21.5. The van der Waals surface area contributed by atoms with Gasteiger partial charge in [-0.15, -0.1) is 0 Å². The van der Waals surface area contributed by atoms with Crippen molar-refractivity contribution in [2.24, 2.45) is 11.8 Å². The average Bonchev–Trinajstić information content (AvgIpc) is 2.82. The molecule has 2 atom stereocenters. The smallest absolute Gasteiger partial charge is 0.321 e. The highest BCUT2D eigenvalue weighted by Crippen LogP contribution is 2.39. The molecule has 0 saturated heterocycles. The van der Waals surface area contributed by atoms with E-state index in [0.717, 1.165) is 62.5 Å². The summed E-state index contributed by atoms with van der Waals surface area (Å²) in [6.07, 6.45) is 11.1. The summed E-state index contributed by atoms with van der Waals surface area (Å²) in [6, 6.07) is 19.8. The van der Waals surface area contributed by atoms with Gasteiger partial charge in [0.15, 0.2) is 0 Å². The van der Waals surface area contributed by atoms with Crippen molar-refractivity contribution in [2.75, 3.05) is 0 Å². The fraction of sp³-hybridized carbons (Fsp3) is 0.500. The van der Waals surface area contributed by atoms with Crippen molar-refractivity contribution in [3.8, 4) is 0 Å². The van der Waals surface area contributed by atoms with E-state index in [-0.39, 0.29) is 35.6 Å². The fourth-order valence-corrected chi connectivity index (χ4v) is 5.68. The van der Waals surface area contributed by atoms with Gasteiger partial charge in [-0.1, -0.05) is 99.2 Å². The maximum Gasteiger partial charge on any atom is 0.321 e. The average molecular weight is 419 g/mol. The van der Waals surface area contributed by atoms with Crippen molar-refractivity contribution in [1.29, 1.82) is 0 Å². The van der Waals surface area contributed by atoms with Crippen molar-refractivity contribution < 1.29 is 14.3 Å². The zero-order valence-electron chi connectivity index (χ0n) is 18.4. The molecule has 0 amide bonds. The van der Waals surface area contributed by atoms with Crippen molar-refractivity contribution >= 4 is 11.9 Å². The SMILES string of the molecule is O=C(OC(=O)[C@@H](c1ccccc1)C1CCCCC1)[C@@H](c1ccccc1)C1CCCCC1. The summed E-state index contributed by atoms with van der Waals surface area (Å²) in [5.74, 6) is -0.927. The van der Waals surface area contributed by atoms with Crippen molar-refractivity contribution in [2.45, 2.75) is 76.0 Å². The number of hydrogen-bond acceptors (Lipinski definition) is 3. The topological polar surface area (TPSA) is 43.4 Å². The summed E-state index contributed by atoms with van der Waals surface area (Å²) < 4.78 is 5.71. The fourth-order valence-electron chi connectivity index (χ4n) is 5.68. The highest BCUT2D eigenvalue weighted by Gasteiger charge is 2.37. The van der Waals surface area contributed by atoms with Gasteiger partial charge in [-0.2, -0.15) is 0 Å². The third-order valence-corrected chi connectivity index (χ3v) is 7.27. The Labute approximate surface area is 186 Å². The largest absolute Gasteiger partial charge is 0.392 e. The van der Waals surface area contributed by atoms with Gasteiger partial charge in [-0.3, -0.25) is 9.59 Å². The molecule has 164 valence electrons. The Balaban J connectivity index is 1.56. The molecular formula is C28H34O3. The molecule has 0 N–H and O–H groups in total. The quantitative estimate of drug-likeness (QED) is 0.383. The van der Waals surface area contributed by atoms with Crippen LogP contribution in [-0.2, 0) is 14.3 Å². The molecule has 3 nitrogen and oxygen atoms in total. The summed E-state index contributed by atoms with van der Waals surface area (Å²) in [5, 5.41) is 0. The Morgan fingerprint density at radius 2 is 0.935 bits per heavy atom. The van der Waals surface area contributed by atoms with Crippen LogP contribution in [0.25, 0.3) is 0 Å². The molecule has 31 heavy (non-hydrogen) atoms. The molecule has 3 heteroatoms. The van der Waals surface area contributed by atoms with Crippen molar-refractivity contribution in [3.05, 3.63) is 71.8 Å². The molecule has 0 aliphatic heterocycles. The second-order valence-electron chi connectivity index (χ2n) is 9.31. The molecule has 0 aromatic heterocycles. The van der Waals surface area contributed by atoms with E-state index in [1.54, 1.807) is 0 Å². The number of carbonyl (C=O) groups excluding carboxylic acids is 2. The Hall–Kier alpha value is -2.42. The maximum absolute atomic E-state index is 13.4. The Morgan fingerprint density at radius 1 is 0.581 bits per heavy atom. The van der Waals surface area contributed by atoms with Crippen molar-refractivity contribution in [3.63, 3.8) is 0 Å². The Bertz CT molecular complexity index is 762. The van der Waals surface area contributed by atoms with Gasteiger partial charge in [0.1, 0.15) is 0 Å². The van der Waals surface area contributed by atoms with Gasteiger partial charge in [0, 0.05) is 0 Å². The molecule has 2 aromatic carbocycles. The van der Waals surface area contributed by atoms with Crippen LogP contribution in [0.15, 0.2) is 60.7 Å². The summed E-state index contributed by atoms with van der Waals surface area (Å²) >= 11 is 0.